The largest absolute Gasteiger partial charge is 0.496 e. The van der Waals surface area contributed by atoms with E-state index < -0.39 is 0 Å². The predicted molar refractivity (Wildman–Crippen MR) is 87.0 cm³/mol. The molecular weight excluding hydrogens is 284 g/mol. The Labute approximate surface area is 132 Å². The molecule has 4 heteroatoms. The first-order chi connectivity index (χ1) is 9.98. The summed E-state index contributed by atoms with van der Waals surface area (Å²) in [6.45, 7) is 7.61. The molecule has 1 unspecified atom stereocenters. The summed E-state index contributed by atoms with van der Waals surface area (Å²) in [4.78, 5) is 2.61. The van der Waals surface area contributed by atoms with Gasteiger partial charge in [-0.3, -0.25) is 4.90 Å². The van der Waals surface area contributed by atoms with Crippen LogP contribution in [0.3, 0.4) is 0 Å². The molecule has 1 saturated heterocycles. The number of ether oxygens (including phenoxy) is 1. The van der Waals surface area contributed by atoms with Gasteiger partial charge in [-0.05, 0) is 50.8 Å². The Kier molecular flexibility index (Phi) is 4.17. The smallest absolute Gasteiger partial charge is 0.123 e. The zero-order chi connectivity index (χ0) is 15.0. The molecule has 0 radical (unpaired) electrons. The van der Waals surface area contributed by atoms with Gasteiger partial charge in [0.25, 0.3) is 0 Å². The van der Waals surface area contributed by atoms with E-state index in [9.17, 15) is 0 Å². The van der Waals surface area contributed by atoms with E-state index in [4.69, 9.17) is 16.3 Å². The molecular formula is C17H25ClN2O. The molecule has 3 nitrogen and oxygen atoms in total. The summed E-state index contributed by atoms with van der Waals surface area (Å²) in [6, 6.07) is 6.54. The molecule has 21 heavy (non-hydrogen) atoms. The van der Waals surface area contributed by atoms with Gasteiger partial charge in [0.2, 0.25) is 0 Å². The van der Waals surface area contributed by atoms with Gasteiger partial charge in [-0.25, -0.2) is 0 Å². The highest BCUT2D eigenvalue weighted by Crippen LogP contribution is 2.38. The van der Waals surface area contributed by atoms with Crippen LogP contribution in [0, 0.1) is 5.92 Å². The van der Waals surface area contributed by atoms with Crippen molar-refractivity contribution >= 4 is 11.6 Å². The molecule has 116 valence electrons. The second-order valence-electron chi connectivity index (χ2n) is 7.03. The lowest BCUT2D eigenvalue weighted by Gasteiger charge is -2.45. The molecule has 3 rings (SSSR count). The summed E-state index contributed by atoms with van der Waals surface area (Å²) in [6.07, 6.45) is 2.74. The van der Waals surface area contributed by atoms with Crippen LogP contribution in [0.25, 0.3) is 0 Å². The maximum absolute atomic E-state index is 6.17. The van der Waals surface area contributed by atoms with E-state index in [2.05, 4.69) is 24.1 Å². The summed E-state index contributed by atoms with van der Waals surface area (Å²) in [5, 5.41) is 4.47. The Hall–Kier alpha value is -0.770. The Morgan fingerprint density at radius 2 is 2.14 bits per heavy atom. The van der Waals surface area contributed by atoms with Crippen LogP contribution in [0.1, 0.15) is 32.3 Å². The van der Waals surface area contributed by atoms with E-state index in [1.54, 1.807) is 7.11 Å². The first-order valence-electron chi connectivity index (χ1n) is 7.80. The van der Waals surface area contributed by atoms with Crippen LogP contribution in [0.4, 0.5) is 0 Å². The fourth-order valence-electron chi connectivity index (χ4n) is 3.40. The van der Waals surface area contributed by atoms with Gasteiger partial charge < -0.3 is 10.1 Å². The molecule has 1 atom stereocenters. The Morgan fingerprint density at radius 3 is 2.81 bits per heavy atom. The summed E-state index contributed by atoms with van der Waals surface area (Å²) < 4.78 is 5.50. The molecule has 1 saturated carbocycles. The number of hydrogen-bond acceptors (Lipinski definition) is 3. The molecule has 1 aliphatic carbocycles. The van der Waals surface area contributed by atoms with Gasteiger partial charge in [0.15, 0.2) is 0 Å². The van der Waals surface area contributed by atoms with Crippen LogP contribution in [-0.4, -0.2) is 36.7 Å². The number of hydrogen-bond donors (Lipinski definition) is 1. The average molecular weight is 309 g/mol. The normalized spacial score (nSPS) is 25.8. The van der Waals surface area contributed by atoms with E-state index in [0.29, 0.717) is 6.04 Å². The molecule has 1 aromatic rings. The topological polar surface area (TPSA) is 24.5 Å². The second kappa shape index (κ2) is 5.79. The van der Waals surface area contributed by atoms with Crippen LogP contribution >= 0.6 is 11.6 Å². The zero-order valence-electron chi connectivity index (χ0n) is 13.2. The van der Waals surface area contributed by atoms with Crippen LogP contribution in [-0.2, 0) is 6.54 Å². The summed E-state index contributed by atoms with van der Waals surface area (Å²) >= 11 is 6.17. The van der Waals surface area contributed by atoms with Gasteiger partial charge in [-0.2, -0.15) is 0 Å². The standard InChI is InChI=1S/C17H25ClN2O/c1-17(2)11-20(15(9-19-17)12-4-5-12)10-13-8-14(18)6-7-16(13)21-3/h6-8,12,15,19H,4-5,9-11H2,1-3H3. The number of methoxy groups -OCH3 is 1. The van der Waals surface area contributed by atoms with Gasteiger partial charge in [-0.15, -0.1) is 0 Å². The van der Waals surface area contributed by atoms with Crippen LogP contribution in [0.5, 0.6) is 5.75 Å². The monoisotopic (exact) mass is 308 g/mol. The summed E-state index contributed by atoms with van der Waals surface area (Å²) in [5.41, 5.74) is 1.35. The third kappa shape index (κ3) is 3.53. The highest BCUT2D eigenvalue weighted by molar-refractivity contribution is 6.30. The molecule has 1 N–H and O–H groups in total. The van der Waals surface area contributed by atoms with Crippen molar-refractivity contribution in [1.29, 1.82) is 0 Å². The van der Waals surface area contributed by atoms with Crippen molar-refractivity contribution in [2.45, 2.75) is 44.8 Å². The lowest BCUT2D eigenvalue weighted by molar-refractivity contribution is 0.0752. The molecule has 2 fully saturated rings. The summed E-state index contributed by atoms with van der Waals surface area (Å²) in [7, 11) is 1.73. The van der Waals surface area contributed by atoms with Crippen molar-refractivity contribution in [3.63, 3.8) is 0 Å². The maximum Gasteiger partial charge on any atom is 0.123 e. The van der Waals surface area contributed by atoms with E-state index in [0.717, 1.165) is 36.3 Å². The van der Waals surface area contributed by atoms with E-state index in [1.807, 2.05) is 18.2 Å². The lowest BCUT2D eigenvalue weighted by atomic mass is 9.96. The molecule has 1 aliphatic heterocycles. The molecule has 0 aromatic heterocycles. The Morgan fingerprint density at radius 1 is 1.38 bits per heavy atom. The predicted octanol–water partition coefficient (Wildman–Crippen LogP) is 3.31. The minimum Gasteiger partial charge on any atom is -0.496 e. The first-order valence-corrected chi connectivity index (χ1v) is 8.18. The minimum atomic E-state index is 0.164. The average Bonchev–Trinajstić information content (AvgIpc) is 3.23. The molecule has 0 amide bonds. The molecule has 0 spiro atoms. The van der Waals surface area contributed by atoms with Crippen molar-refractivity contribution in [3.05, 3.63) is 28.8 Å². The van der Waals surface area contributed by atoms with E-state index in [1.165, 1.54) is 18.4 Å². The lowest BCUT2D eigenvalue weighted by Crippen LogP contribution is -2.61. The molecule has 2 aliphatic rings. The zero-order valence-corrected chi connectivity index (χ0v) is 13.9. The van der Waals surface area contributed by atoms with E-state index in [-0.39, 0.29) is 5.54 Å². The SMILES string of the molecule is COc1ccc(Cl)cc1CN1CC(C)(C)NCC1C1CC1. The van der Waals surface area contributed by atoms with Crippen molar-refractivity contribution < 1.29 is 4.74 Å². The van der Waals surface area contributed by atoms with Crippen LogP contribution in [0.2, 0.25) is 5.02 Å². The van der Waals surface area contributed by atoms with E-state index >= 15 is 0 Å². The fourth-order valence-corrected chi connectivity index (χ4v) is 3.59. The second-order valence-corrected chi connectivity index (χ2v) is 7.47. The fraction of sp³-hybridized carbons (Fsp3) is 0.647. The third-order valence-electron chi connectivity index (χ3n) is 4.64. The molecule has 0 bridgehead atoms. The Bertz CT molecular complexity index is 514. The number of benzene rings is 1. The number of piperazine rings is 1. The number of halogens is 1. The van der Waals surface area contributed by atoms with Crippen molar-refractivity contribution in [2.24, 2.45) is 5.92 Å². The van der Waals surface area contributed by atoms with Crippen molar-refractivity contribution in [2.75, 3.05) is 20.2 Å². The number of nitrogens with zero attached hydrogens (tertiary/aromatic N) is 1. The number of rotatable bonds is 4. The van der Waals surface area contributed by atoms with Gasteiger partial charge >= 0.3 is 0 Å². The van der Waals surface area contributed by atoms with Gasteiger partial charge in [0.05, 0.1) is 7.11 Å². The van der Waals surface area contributed by atoms with Gasteiger partial charge in [0, 0.05) is 41.8 Å². The molecule has 1 heterocycles. The van der Waals surface area contributed by atoms with Gasteiger partial charge in [0.1, 0.15) is 5.75 Å². The third-order valence-corrected chi connectivity index (χ3v) is 4.87. The highest BCUT2D eigenvalue weighted by Gasteiger charge is 2.41. The first kappa shape index (κ1) is 15.1. The highest BCUT2D eigenvalue weighted by atomic mass is 35.5. The quantitative estimate of drug-likeness (QED) is 0.923. The molecule has 1 aromatic carbocycles. The van der Waals surface area contributed by atoms with Crippen molar-refractivity contribution in [3.8, 4) is 5.75 Å². The number of nitrogens with one attached hydrogen (secondary N) is 1. The maximum atomic E-state index is 6.17. The van der Waals surface area contributed by atoms with Gasteiger partial charge in [-0.1, -0.05) is 11.6 Å². The van der Waals surface area contributed by atoms with Crippen LogP contribution < -0.4 is 10.1 Å². The van der Waals surface area contributed by atoms with Crippen LogP contribution in [0.15, 0.2) is 18.2 Å². The minimum absolute atomic E-state index is 0.164. The Balaban J connectivity index is 1.81. The van der Waals surface area contributed by atoms with Crippen molar-refractivity contribution in [1.82, 2.24) is 10.2 Å². The summed E-state index contributed by atoms with van der Waals surface area (Å²) in [5.74, 6) is 1.80.